The first-order valence-electron chi connectivity index (χ1n) is 15.2. The number of thiophene rings is 1. The van der Waals surface area contributed by atoms with E-state index in [0.29, 0.717) is 38.7 Å². The molecule has 0 amide bonds. The molecule has 1 N–H and O–H groups in total. The van der Waals surface area contributed by atoms with E-state index in [-0.39, 0.29) is 44.0 Å². The second-order valence-corrected chi connectivity index (χ2v) is 12.3. The maximum absolute atomic E-state index is 13.3. The molecule has 3 heterocycles. The average Bonchev–Trinajstić information content (AvgIpc) is 3.76. The van der Waals surface area contributed by atoms with Gasteiger partial charge in [0.25, 0.3) is 0 Å². The molecule has 0 fully saturated rings. The van der Waals surface area contributed by atoms with Crippen LogP contribution in [0.5, 0.6) is 5.75 Å². The summed E-state index contributed by atoms with van der Waals surface area (Å²) in [5.41, 5.74) is 2.13. The number of anilines is 1. The number of aromatic nitrogens is 1. The predicted molar refractivity (Wildman–Crippen MR) is 175 cm³/mol. The Hall–Kier alpha value is -5.02. The highest BCUT2D eigenvalue weighted by molar-refractivity contribution is 7.08. The number of oxazole rings is 1. The minimum atomic E-state index is -0.365. The first-order chi connectivity index (χ1) is 21.9. The number of aliphatic hydroxyl groups excluding tert-OH is 1. The molecule has 5 aromatic rings. The van der Waals surface area contributed by atoms with E-state index in [1.54, 1.807) is 18.2 Å². The first-order valence-corrected chi connectivity index (χ1v) is 16.0. The number of aryl methyl sites for hydroxylation is 1. The number of hydrogen-bond acceptors (Lipinski definition) is 7. The van der Waals surface area contributed by atoms with Crippen molar-refractivity contribution in [2.75, 3.05) is 11.4 Å². The van der Waals surface area contributed by atoms with Gasteiger partial charge in [0.05, 0.1) is 33.3 Å². The topological polar surface area (TPSA) is 100 Å². The molecule has 0 bridgehead atoms. The van der Waals surface area contributed by atoms with Gasteiger partial charge >= 0.3 is 11.5 Å². The molecule has 45 heavy (non-hydrogen) atoms. The van der Waals surface area contributed by atoms with Crippen LogP contribution >= 0.6 is 11.3 Å². The molecule has 0 saturated heterocycles. The Labute approximate surface area is 261 Å². The highest BCUT2D eigenvalue weighted by Gasteiger charge is 2.36. The second-order valence-electron chi connectivity index (χ2n) is 11.2. The Morgan fingerprint density at radius 3 is 2.36 bits per heavy atom. The number of unbranched alkanes of at least 4 members (excludes halogenated alkanes) is 2. The Morgan fingerprint density at radius 2 is 1.58 bits per heavy atom. The molecule has 9 heteroatoms. The van der Waals surface area contributed by atoms with E-state index in [9.17, 15) is 19.5 Å². The molecule has 0 spiro atoms. The van der Waals surface area contributed by atoms with Crippen molar-refractivity contribution >= 4 is 45.6 Å². The molecule has 7 rings (SSSR count). The van der Waals surface area contributed by atoms with Crippen LogP contribution in [0.3, 0.4) is 0 Å². The van der Waals surface area contributed by atoms with Crippen LogP contribution in [0.25, 0.3) is 22.7 Å². The van der Waals surface area contributed by atoms with Gasteiger partial charge in [0.2, 0.25) is 22.5 Å². The van der Waals surface area contributed by atoms with Crippen molar-refractivity contribution in [1.29, 1.82) is 0 Å². The van der Waals surface area contributed by atoms with Crippen LogP contribution in [0, 0.1) is 9.75 Å². The molecule has 0 radical (unpaired) electrons. The molecule has 226 valence electrons. The number of nitrogens with zero attached hydrogens (tertiary/aromatic N) is 2. The minimum absolute atomic E-state index is 0.0680. The lowest BCUT2D eigenvalue weighted by atomic mass is 9.88. The fraction of sp³-hybridized carbons (Fsp3) is 0.222. The molecule has 3 aromatic carbocycles. The predicted octanol–water partition coefficient (Wildman–Crippen LogP) is 5.17. The highest BCUT2D eigenvalue weighted by atomic mass is 32.1. The number of Topliss-reactive ketones (excluding diaryl/α,β-unsaturated/α-hetero) is 1. The summed E-state index contributed by atoms with van der Waals surface area (Å²) in [6.07, 6.45) is 6.97. The van der Waals surface area contributed by atoms with Gasteiger partial charge in [-0.1, -0.05) is 51.0 Å². The molecule has 8 nitrogen and oxygen atoms in total. The zero-order chi connectivity index (χ0) is 31.2. The second kappa shape index (κ2) is 11.5. The summed E-state index contributed by atoms with van der Waals surface area (Å²) in [7, 11) is 0. The van der Waals surface area contributed by atoms with Gasteiger partial charge in [-0.3, -0.25) is 19.0 Å². The summed E-state index contributed by atoms with van der Waals surface area (Å²) in [6, 6.07) is 18.6. The summed E-state index contributed by atoms with van der Waals surface area (Å²) in [5.74, 6) is 1.21. The van der Waals surface area contributed by atoms with E-state index in [1.807, 2.05) is 58.0 Å². The van der Waals surface area contributed by atoms with Gasteiger partial charge in [0.1, 0.15) is 5.76 Å². The lowest BCUT2D eigenvalue weighted by Gasteiger charge is -2.21. The SMILES string of the molecule is CCCCN1C(=CC2=C(O)C(=c3ccc(=c4c(=O)c(=Cc5[o+]c6ccccc6n5CCCC)c4=O)s3)C2=O)Oc2ccccc21. The van der Waals surface area contributed by atoms with Crippen LogP contribution < -0.4 is 30.2 Å². The fourth-order valence-corrected chi connectivity index (χ4v) is 6.91. The molecule has 2 aromatic heterocycles. The fourth-order valence-electron chi connectivity index (χ4n) is 5.82. The number of ketones is 1. The van der Waals surface area contributed by atoms with Gasteiger partial charge in [-0.2, -0.15) is 4.42 Å². The molecular formula is C36H31N2O6S+. The summed E-state index contributed by atoms with van der Waals surface area (Å²) < 4.78 is 15.0. The Kier molecular flexibility index (Phi) is 7.33. The Bertz CT molecular complexity index is 2340. The summed E-state index contributed by atoms with van der Waals surface area (Å²) in [6.45, 7) is 5.64. The van der Waals surface area contributed by atoms with Gasteiger partial charge in [-0.15, -0.1) is 11.3 Å². The normalized spacial score (nSPS) is 16.5. The van der Waals surface area contributed by atoms with Gasteiger partial charge in [-0.05, 0) is 43.2 Å². The van der Waals surface area contributed by atoms with Gasteiger partial charge in [0.15, 0.2) is 11.3 Å². The number of benzene rings is 2. The summed E-state index contributed by atoms with van der Waals surface area (Å²) in [4.78, 5) is 41.7. The van der Waals surface area contributed by atoms with E-state index < -0.39 is 0 Å². The Balaban J connectivity index is 1.26. The standard InChI is InChI=1S/C36H30N2O6S/c1-3-5-17-37-23-11-7-9-13-25(23)43-29(37)19-21-33(39)31(34(21)40)27-15-16-28(45-27)32-35(41)22(36(32)42)20-30-38(18-6-4-2)24-12-8-10-14-26(24)44-30/h7-16,19-20H,3-6,17-18H2,1-2H3/p+1. The zero-order valence-electron chi connectivity index (χ0n) is 25.0. The van der Waals surface area contributed by atoms with Crippen LogP contribution in [0.15, 0.2) is 98.0 Å². The van der Waals surface area contributed by atoms with E-state index >= 15 is 0 Å². The number of allylic oxidation sites excluding steroid dienone is 3. The van der Waals surface area contributed by atoms with Crippen LogP contribution in [-0.4, -0.2) is 22.0 Å². The summed E-state index contributed by atoms with van der Waals surface area (Å²) >= 11 is 1.14. The van der Waals surface area contributed by atoms with Gasteiger partial charge in [0, 0.05) is 34.3 Å². The van der Waals surface area contributed by atoms with Crippen molar-refractivity contribution in [2.45, 2.75) is 46.1 Å². The van der Waals surface area contributed by atoms with Crippen LogP contribution in [0.1, 0.15) is 45.4 Å². The number of hydrogen-bond donors (Lipinski definition) is 1. The minimum Gasteiger partial charge on any atom is -0.506 e. The van der Waals surface area contributed by atoms with Crippen molar-refractivity contribution in [1.82, 2.24) is 4.57 Å². The van der Waals surface area contributed by atoms with Crippen LogP contribution in [0.4, 0.5) is 5.69 Å². The maximum atomic E-state index is 13.3. The molecule has 0 saturated carbocycles. The van der Waals surface area contributed by atoms with Gasteiger partial charge in [-0.25, -0.2) is 0 Å². The monoisotopic (exact) mass is 619 g/mol. The lowest BCUT2D eigenvalue weighted by molar-refractivity contribution is -0.111. The van der Waals surface area contributed by atoms with Crippen LogP contribution in [0.2, 0.25) is 0 Å². The van der Waals surface area contributed by atoms with E-state index in [2.05, 4.69) is 13.8 Å². The largest absolute Gasteiger partial charge is 0.506 e. The molecular weight excluding hydrogens is 588 g/mol. The van der Waals surface area contributed by atoms with E-state index in [1.165, 1.54) is 6.08 Å². The number of para-hydroxylation sites is 4. The number of rotatable bonds is 8. The van der Waals surface area contributed by atoms with Gasteiger partial charge < -0.3 is 14.7 Å². The molecule has 1 aliphatic carbocycles. The number of carbonyl (C=O) groups is 1. The van der Waals surface area contributed by atoms with Crippen molar-refractivity contribution in [3.8, 4) is 5.75 Å². The highest BCUT2D eigenvalue weighted by Crippen LogP contribution is 2.40. The number of ether oxygens (including phenoxy) is 1. The number of fused-ring (bicyclic) bond motifs is 2. The van der Waals surface area contributed by atoms with E-state index in [4.69, 9.17) is 9.15 Å². The third-order valence-corrected chi connectivity index (χ3v) is 9.41. The number of carbonyl (C=O) groups excluding carboxylic acids is 1. The summed E-state index contributed by atoms with van der Waals surface area (Å²) in [5, 5.41) is 11.1. The zero-order valence-corrected chi connectivity index (χ0v) is 25.8. The molecule has 0 unspecified atom stereocenters. The van der Waals surface area contributed by atoms with Crippen molar-refractivity contribution in [3.63, 3.8) is 0 Å². The third-order valence-electron chi connectivity index (χ3n) is 8.29. The van der Waals surface area contributed by atoms with Crippen molar-refractivity contribution in [3.05, 3.63) is 130 Å². The first kappa shape index (κ1) is 28.7. The third kappa shape index (κ3) is 4.75. The molecule has 2 aliphatic rings. The smallest absolute Gasteiger partial charge is 0.435 e. The van der Waals surface area contributed by atoms with E-state index in [0.717, 1.165) is 54.8 Å². The van der Waals surface area contributed by atoms with Crippen molar-refractivity contribution in [2.24, 2.45) is 0 Å². The Morgan fingerprint density at radius 1 is 0.867 bits per heavy atom. The quantitative estimate of drug-likeness (QED) is 0.239. The van der Waals surface area contributed by atoms with Crippen molar-refractivity contribution < 1.29 is 19.1 Å². The molecule has 1 aliphatic heterocycles. The lowest BCUT2D eigenvalue weighted by Crippen LogP contribution is -2.49. The molecule has 0 atom stereocenters. The van der Waals surface area contributed by atoms with Crippen LogP contribution in [-0.2, 0) is 11.3 Å². The maximum Gasteiger partial charge on any atom is 0.435 e. The number of aliphatic hydroxyl groups is 1. The average molecular weight is 620 g/mol.